The van der Waals surface area contributed by atoms with E-state index >= 15 is 4.39 Å². The molecule has 2 aliphatic heterocycles. The number of nitrogens with zero attached hydrogens (tertiary/aromatic N) is 4. The molecule has 1 aromatic heterocycles. The Balaban J connectivity index is 1.57. The normalized spacial score (nSPS) is 21.1. The first-order chi connectivity index (χ1) is 20.3. The minimum atomic E-state index is -5.17. The van der Waals surface area contributed by atoms with Crippen LogP contribution in [0.3, 0.4) is 0 Å². The molecule has 0 radical (unpaired) electrons. The first-order valence-corrected chi connectivity index (χ1v) is 14.1. The quantitative estimate of drug-likeness (QED) is 0.218. The highest BCUT2D eigenvalue weighted by molar-refractivity contribution is 7.11. The molecule has 0 bridgehead atoms. The van der Waals surface area contributed by atoms with Gasteiger partial charge in [-0.15, -0.1) is 24.5 Å². The fourth-order valence-corrected chi connectivity index (χ4v) is 5.43. The van der Waals surface area contributed by atoms with Crippen molar-refractivity contribution >= 4 is 41.2 Å². The number of hydrogen-bond acceptors (Lipinski definition) is 10. The molecule has 1 amide bonds. The van der Waals surface area contributed by atoms with Gasteiger partial charge in [0.15, 0.2) is 16.6 Å². The Morgan fingerprint density at radius 2 is 2.12 bits per heavy atom. The number of likely N-dealkylation sites (tertiary alicyclic amines) is 1. The summed E-state index contributed by atoms with van der Waals surface area (Å²) in [5.74, 6) is -3.36. The van der Waals surface area contributed by atoms with Crippen LogP contribution in [0.15, 0.2) is 46.0 Å². The molecule has 1 aromatic carbocycles. The number of amidine groups is 1. The van der Waals surface area contributed by atoms with Crippen LogP contribution in [0.5, 0.6) is 5.75 Å². The topological polar surface area (TPSA) is 134 Å². The van der Waals surface area contributed by atoms with Gasteiger partial charge in [0.1, 0.15) is 5.67 Å². The van der Waals surface area contributed by atoms with Crippen LogP contribution in [0, 0.1) is 5.92 Å². The van der Waals surface area contributed by atoms with Gasteiger partial charge in [-0.3, -0.25) is 14.7 Å². The molecule has 1 fully saturated rings. The number of piperidine rings is 1. The molecule has 16 heteroatoms. The van der Waals surface area contributed by atoms with Crippen molar-refractivity contribution in [2.24, 2.45) is 10.9 Å². The van der Waals surface area contributed by atoms with Crippen LogP contribution in [0.4, 0.5) is 23.2 Å². The molecule has 4 rings (SSSR count). The smallest absolute Gasteiger partial charge is 0.478 e. The number of carboxylic acids is 1. The Hall–Kier alpha value is -4.05. The summed E-state index contributed by atoms with van der Waals surface area (Å²) in [6.45, 7) is 3.42. The highest BCUT2D eigenvalue weighted by Crippen LogP contribution is 2.37. The summed E-state index contributed by atoms with van der Waals surface area (Å²) in [5, 5.41) is 14.8. The van der Waals surface area contributed by atoms with Crippen molar-refractivity contribution in [2.75, 3.05) is 44.2 Å². The lowest BCUT2D eigenvalue weighted by Crippen LogP contribution is -2.53. The van der Waals surface area contributed by atoms with Crippen LogP contribution in [0.25, 0.3) is 0 Å². The largest absolute Gasteiger partial charge is 0.573 e. The minimum Gasteiger partial charge on any atom is -0.478 e. The van der Waals surface area contributed by atoms with Gasteiger partial charge in [-0.25, -0.2) is 19.0 Å². The van der Waals surface area contributed by atoms with Gasteiger partial charge >= 0.3 is 18.3 Å². The zero-order chi connectivity index (χ0) is 31.4. The summed E-state index contributed by atoms with van der Waals surface area (Å²) in [6.07, 6.45) is -3.28. The predicted octanol–water partition coefficient (Wildman–Crippen LogP) is 3.62. The number of benzene rings is 1. The average molecular weight is 628 g/mol. The van der Waals surface area contributed by atoms with Crippen LogP contribution in [-0.4, -0.2) is 90.5 Å². The van der Waals surface area contributed by atoms with Crippen molar-refractivity contribution < 1.29 is 46.5 Å². The SMILES string of the molecule is CCOC(=O)C1=C(CN2CCC(C)(F)C(CN(C=O)c3ccc(C(=O)O)cc3OC(F)(F)F)C2)NC(c2nccs2)=NC1. The summed E-state index contributed by atoms with van der Waals surface area (Å²) < 4.78 is 64.4. The maximum Gasteiger partial charge on any atom is 0.573 e. The molecule has 2 N–H and O–H groups in total. The zero-order valence-corrected chi connectivity index (χ0v) is 24.0. The third kappa shape index (κ3) is 7.87. The number of carbonyl (C=O) groups is 3. The number of ether oxygens (including phenoxy) is 2. The summed E-state index contributed by atoms with van der Waals surface area (Å²) in [6, 6.07) is 2.69. The maximum atomic E-state index is 15.8. The number of rotatable bonds is 11. The van der Waals surface area contributed by atoms with E-state index in [1.807, 2.05) is 4.90 Å². The monoisotopic (exact) mass is 627 g/mol. The number of esters is 1. The lowest BCUT2D eigenvalue weighted by Gasteiger charge is -2.43. The Morgan fingerprint density at radius 1 is 1.35 bits per heavy atom. The van der Waals surface area contributed by atoms with Gasteiger partial charge in [-0.05, 0) is 38.5 Å². The molecule has 2 atom stereocenters. The Labute approximate surface area is 247 Å². The van der Waals surface area contributed by atoms with Gasteiger partial charge in [0.2, 0.25) is 6.41 Å². The fourth-order valence-electron chi connectivity index (χ4n) is 4.83. The summed E-state index contributed by atoms with van der Waals surface area (Å²) in [5.41, 5.74) is -1.86. The summed E-state index contributed by atoms with van der Waals surface area (Å²) in [7, 11) is 0. The average Bonchev–Trinajstić information content (AvgIpc) is 3.48. The van der Waals surface area contributed by atoms with Crippen molar-refractivity contribution in [3.63, 3.8) is 0 Å². The number of thiazole rings is 1. The van der Waals surface area contributed by atoms with Crippen molar-refractivity contribution in [3.05, 3.63) is 51.6 Å². The minimum absolute atomic E-state index is 0.0314. The standard InChI is InChI=1S/C27H29F4N5O6S/c1-3-41-25(40)18-11-33-22(23-32-7-9-43-23)34-19(18)14-35-8-6-26(2,28)17(12-35)13-36(15-37)20-5-4-16(24(38)39)10-21(20)42-27(29,30)31/h4-5,7,9-10,15,17H,3,6,8,11-14H2,1-2H3,(H,33,34)(H,38,39). The van der Waals surface area contributed by atoms with Crippen molar-refractivity contribution in [2.45, 2.75) is 32.3 Å². The van der Waals surface area contributed by atoms with E-state index in [1.165, 1.54) is 18.3 Å². The lowest BCUT2D eigenvalue weighted by atomic mass is 9.83. The molecule has 0 saturated carbocycles. The molecular weight excluding hydrogens is 598 g/mol. The zero-order valence-electron chi connectivity index (χ0n) is 23.2. The number of carboxylic acid groups (broad SMARTS) is 1. The summed E-state index contributed by atoms with van der Waals surface area (Å²) in [4.78, 5) is 47.5. The van der Waals surface area contributed by atoms with Crippen molar-refractivity contribution in [1.82, 2.24) is 15.2 Å². The second-order valence-electron chi connectivity index (χ2n) is 10.1. The summed E-state index contributed by atoms with van der Waals surface area (Å²) >= 11 is 1.35. The number of nitrogens with one attached hydrogen (secondary N) is 1. The molecule has 1 saturated heterocycles. The Kier molecular flexibility index (Phi) is 9.69. The molecule has 0 spiro atoms. The van der Waals surface area contributed by atoms with Gasteiger partial charge in [0, 0.05) is 49.4 Å². The van der Waals surface area contributed by atoms with E-state index in [1.54, 1.807) is 18.5 Å². The number of aromatic nitrogens is 1. The number of anilines is 1. The third-order valence-electron chi connectivity index (χ3n) is 7.10. The molecule has 2 aliphatic rings. The first-order valence-electron chi connectivity index (χ1n) is 13.2. The Morgan fingerprint density at radius 3 is 2.74 bits per heavy atom. The molecule has 2 aromatic rings. The van der Waals surface area contributed by atoms with E-state index in [2.05, 4.69) is 20.0 Å². The van der Waals surface area contributed by atoms with Gasteiger partial charge in [0.25, 0.3) is 0 Å². The molecule has 2 unspecified atom stereocenters. The van der Waals surface area contributed by atoms with E-state index in [0.717, 1.165) is 17.0 Å². The van der Waals surface area contributed by atoms with Crippen molar-refractivity contribution in [3.8, 4) is 5.75 Å². The molecule has 3 heterocycles. The van der Waals surface area contributed by atoms with Crippen LogP contribution >= 0.6 is 11.3 Å². The number of alkyl halides is 4. The Bertz CT molecular complexity index is 1410. The van der Waals surface area contributed by atoms with E-state index < -0.39 is 41.2 Å². The number of halogens is 4. The van der Waals surface area contributed by atoms with E-state index in [9.17, 15) is 32.7 Å². The second-order valence-corrected chi connectivity index (χ2v) is 11.0. The molecular formula is C27H29F4N5O6S. The highest BCUT2D eigenvalue weighted by Gasteiger charge is 2.42. The molecule has 11 nitrogen and oxygen atoms in total. The second kappa shape index (κ2) is 13.1. The maximum absolute atomic E-state index is 15.8. The highest BCUT2D eigenvalue weighted by atomic mass is 32.1. The van der Waals surface area contributed by atoms with E-state index in [-0.39, 0.29) is 57.8 Å². The third-order valence-corrected chi connectivity index (χ3v) is 7.88. The number of hydrogen-bond donors (Lipinski definition) is 2. The molecule has 0 aliphatic carbocycles. The van der Waals surface area contributed by atoms with Gasteiger partial charge in [-0.2, -0.15) is 0 Å². The van der Waals surface area contributed by atoms with Gasteiger partial charge in [-0.1, -0.05) is 0 Å². The van der Waals surface area contributed by atoms with Crippen molar-refractivity contribution in [1.29, 1.82) is 0 Å². The predicted molar refractivity (Wildman–Crippen MR) is 148 cm³/mol. The lowest BCUT2D eigenvalue weighted by molar-refractivity contribution is -0.274. The van der Waals surface area contributed by atoms with E-state index in [0.29, 0.717) is 28.2 Å². The first kappa shape index (κ1) is 31.9. The van der Waals surface area contributed by atoms with Crippen LogP contribution in [-0.2, 0) is 14.3 Å². The van der Waals surface area contributed by atoms with Crippen LogP contribution < -0.4 is 15.0 Å². The number of amides is 1. The van der Waals surface area contributed by atoms with E-state index in [4.69, 9.17) is 4.74 Å². The fraction of sp³-hybridized carbons (Fsp3) is 0.444. The molecule has 43 heavy (non-hydrogen) atoms. The number of aliphatic imine (C=N–C) groups is 1. The van der Waals surface area contributed by atoms with Gasteiger partial charge < -0.3 is 24.8 Å². The van der Waals surface area contributed by atoms with Crippen LogP contribution in [0.2, 0.25) is 0 Å². The number of aromatic carboxylic acids is 1. The van der Waals surface area contributed by atoms with Crippen LogP contribution in [0.1, 0.15) is 35.6 Å². The number of carbonyl (C=O) groups excluding carboxylic acids is 2. The van der Waals surface area contributed by atoms with Gasteiger partial charge in [0.05, 0.1) is 30.0 Å². The molecule has 232 valence electrons.